The maximum atomic E-state index is 13.0. The molecule has 134 valence electrons. The molecule has 0 bridgehead atoms. The number of hydrogen-bond acceptors (Lipinski definition) is 7. The lowest BCUT2D eigenvalue weighted by molar-refractivity contribution is 0.0695. The molecule has 0 spiro atoms. The van der Waals surface area contributed by atoms with Crippen LogP contribution in [-0.2, 0) is 0 Å². The molecule has 1 atom stereocenters. The predicted molar refractivity (Wildman–Crippen MR) is 92.2 cm³/mol. The Bertz CT molecular complexity index is 923. The van der Waals surface area contributed by atoms with Gasteiger partial charge in [0.2, 0.25) is 17.7 Å². The number of rotatable bonds is 3. The predicted octanol–water partition coefficient (Wildman–Crippen LogP) is 3.06. The minimum atomic E-state index is -0.602. The fourth-order valence-corrected chi connectivity index (χ4v) is 3.72. The highest BCUT2D eigenvalue weighted by molar-refractivity contribution is 7.14. The number of amides is 1. The lowest BCUT2D eigenvalue weighted by atomic mass is 9.97. The molecule has 1 aliphatic rings. The smallest absolute Gasteiger partial charge is 0.255 e. The molecule has 1 amide bonds. The largest absolute Gasteiger partial charge is 0.339 e. The molecule has 1 aliphatic heterocycles. The average molecular weight is 373 g/mol. The van der Waals surface area contributed by atoms with Crippen molar-refractivity contribution in [2.75, 3.05) is 13.1 Å². The van der Waals surface area contributed by atoms with Gasteiger partial charge >= 0.3 is 0 Å². The van der Waals surface area contributed by atoms with Gasteiger partial charge in [0, 0.05) is 25.5 Å². The van der Waals surface area contributed by atoms with Crippen LogP contribution in [0, 0.1) is 12.9 Å². The van der Waals surface area contributed by atoms with Crippen molar-refractivity contribution >= 4 is 17.2 Å². The van der Waals surface area contributed by atoms with Gasteiger partial charge in [-0.25, -0.2) is 9.97 Å². The monoisotopic (exact) mass is 373 g/mol. The minimum Gasteiger partial charge on any atom is -0.339 e. The molecule has 4 heterocycles. The topological polar surface area (TPSA) is 85.0 Å². The quantitative estimate of drug-likeness (QED) is 0.656. The van der Waals surface area contributed by atoms with Crippen molar-refractivity contribution in [1.82, 2.24) is 25.0 Å². The van der Waals surface area contributed by atoms with E-state index in [1.54, 1.807) is 11.1 Å². The highest BCUT2D eigenvalue weighted by atomic mass is 32.1. The van der Waals surface area contributed by atoms with Gasteiger partial charge in [-0.3, -0.25) is 4.79 Å². The Morgan fingerprint density at radius 2 is 2.23 bits per heavy atom. The van der Waals surface area contributed by atoms with Crippen LogP contribution in [0.15, 0.2) is 29.0 Å². The molecule has 3 aromatic rings. The van der Waals surface area contributed by atoms with Crippen molar-refractivity contribution in [3.8, 4) is 10.7 Å². The summed E-state index contributed by atoms with van der Waals surface area (Å²) in [6.07, 6.45) is 4.70. The van der Waals surface area contributed by atoms with E-state index in [0.29, 0.717) is 30.4 Å². The zero-order valence-corrected chi connectivity index (χ0v) is 14.9. The summed E-state index contributed by atoms with van der Waals surface area (Å²) in [7, 11) is 0. The number of halogens is 1. The normalized spacial score (nSPS) is 17.5. The average Bonchev–Trinajstić information content (AvgIpc) is 3.31. The van der Waals surface area contributed by atoms with Crippen molar-refractivity contribution in [2.24, 2.45) is 0 Å². The fraction of sp³-hybridized carbons (Fsp3) is 0.353. The van der Waals surface area contributed by atoms with Gasteiger partial charge in [-0.05, 0) is 31.9 Å². The van der Waals surface area contributed by atoms with Crippen LogP contribution < -0.4 is 0 Å². The Balaban J connectivity index is 1.49. The first-order valence-electron chi connectivity index (χ1n) is 8.27. The molecule has 0 aromatic carbocycles. The van der Waals surface area contributed by atoms with Crippen LogP contribution in [0.25, 0.3) is 10.7 Å². The van der Waals surface area contributed by atoms with Crippen LogP contribution in [0.2, 0.25) is 0 Å². The fourth-order valence-electron chi connectivity index (χ4n) is 3.01. The molecule has 1 fully saturated rings. The van der Waals surface area contributed by atoms with Crippen molar-refractivity contribution in [3.05, 3.63) is 46.9 Å². The second-order valence-corrected chi connectivity index (χ2v) is 7.39. The van der Waals surface area contributed by atoms with Gasteiger partial charge in [0.1, 0.15) is 0 Å². The summed E-state index contributed by atoms with van der Waals surface area (Å²) >= 11 is 1.51. The number of aromatic nitrogens is 4. The summed E-state index contributed by atoms with van der Waals surface area (Å²) in [5.41, 5.74) is 0.374. The Kier molecular flexibility index (Phi) is 4.46. The maximum absolute atomic E-state index is 13.0. The second-order valence-electron chi connectivity index (χ2n) is 6.16. The molecule has 0 radical (unpaired) electrons. The first kappa shape index (κ1) is 16.8. The van der Waals surface area contributed by atoms with E-state index in [4.69, 9.17) is 4.52 Å². The van der Waals surface area contributed by atoms with E-state index in [1.165, 1.54) is 29.7 Å². The number of pyridine rings is 1. The molecule has 0 saturated carbocycles. The number of likely N-dealkylation sites (tertiary alicyclic amines) is 1. The summed E-state index contributed by atoms with van der Waals surface area (Å²) in [5.74, 6) is 0.267. The Morgan fingerprint density at radius 1 is 1.35 bits per heavy atom. The van der Waals surface area contributed by atoms with Gasteiger partial charge in [0.15, 0.2) is 0 Å². The summed E-state index contributed by atoms with van der Waals surface area (Å²) in [6.45, 7) is 3.05. The number of nitrogens with zero attached hydrogens (tertiary/aromatic N) is 5. The zero-order valence-electron chi connectivity index (χ0n) is 14.1. The summed E-state index contributed by atoms with van der Waals surface area (Å²) in [6, 6.07) is 2.64. The summed E-state index contributed by atoms with van der Waals surface area (Å²) in [4.78, 5) is 27.4. The van der Waals surface area contributed by atoms with Gasteiger partial charge in [0.05, 0.1) is 21.4 Å². The minimum absolute atomic E-state index is 0.0172. The Labute approximate surface area is 152 Å². The SMILES string of the molecule is Cc1ncc(-c2noc(C3CCCN(C(=O)c4ccc(F)nc4)C3)n2)s1. The molecule has 0 N–H and O–H groups in total. The van der Waals surface area contributed by atoms with Gasteiger partial charge < -0.3 is 9.42 Å². The van der Waals surface area contributed by atoms with Gasteiger partial charge in [-0.1, -0.05) is 5.16 Å². The number of thiazole rings is 1. The second kappa shape index (κ2) is 6.91. The van der Waals surface area contributed by atoms with Crippen LogP contribution in [0.5, 0.6) is 0 Å². The van der Waals surface area contributed by atoms with E-state index in [-0.39, 0.29) is 11.8 Å². The molecule has 1 unspecified atom stereocenters. The lowest BCUT2D eigenvalue weighted by Crippen LogP contribution is -2.39. The number of aryl methyl sites for hydroxylation is 1. The third kappa shape index (κ3) is 3.34. The standard InChI is InChI=1S/C17H16FN5O2S/c1-10-19-8-13(26-10)15-21-16(25-22-15)12-3-2-6-23(9-12)17(24)11-4-5-14(18)20-7-11/h4-5,7-8,12H,2-3,6,9H2,1H3. The molecule has 1 saturated heterocycles. The molecule has 26 heavy (non-hydrogen) atoms. The Hall–Kier alpha value is -2.68. The molecule has 9 heteroatoms. The van der Waals surface area contributed by atoms with Crippen molar-refractivity contribution in [3.63, 3.8) is 0 Å². The highest BCUT2D eigenvalue weighted by Crippen LogP contribution is 2.29. The maximum Gasteiger partial charge on any atom is 0.255 e. The molecule has 3 aromatic heterocycles. The molecular formula is C17H16FN5O2S. The third-order valence-electron chi connectivity index (χ3n) is 4.32. The summed E-state index contributed by atoms with van der Waals surface area (Å²) in [5, 5.41) is 4.98. The van der Waals surface area contributed by atoms with E-state index in [2.05, 4.69) is 20.1 Å². The number of carbonyl (C=O) groups excluding carboxylic acids is 1. The van der Waals surface area contributed by atoms with Crippen LogP contribution in [-0.4, -0.2) is 44.0 Å². The first-order valence-corrected chi connectivity index (χ1v) is 9.09. The van der Waals surface area contributed by atoms with Crippen LogP contribution in [0.4, 0.5) is 4.39 Å². The van der Waals surface area contributed by atoms with E-state index in [1.807, 2.05) is 6.92 Å². The van der Waals surface area contributed by atoms with Crippen LogP contribution in [0.1, 0.15) is 40.0 Å². The van der Waals surface area contributed by atoms with Crippen LogP contribution >= 0.6 is 11.3 Å². The van der Waals surface area contributed by atoms with Crippen molar-refractivity contribution in [1.29, 1.82) is 0 Å². The van der Waals surface area contributed by atoms with Crippen molar-refractivity contribution < 1.29 is 13.7 Å². The molecule has 4 rings (SSSR count). The number of carbonyl (C=O) groups is 1. The van der Waals surface area contributed by atoms with E-state index >= 15 is 0 Å². The zero-order chi connectivity index (χ0) is 18.1. The molecular weight excluding hydrogens is 357 g/mol. The molecule has 0 aliphatic carbocycles. The molecule has 7 nitrogen and oxygen atoms in total. The highest BCUT2D eigenvalue weighted by Gasteiger charge is 2.29. The first-order chi connectivity index (χ1) is 12.6. The van der Waals surface area contributed by atoms with Gasteiger partial charge in [-0.15, -0.1) is 11.3 Å². The Morgan fingerprint density at radius 3 is 2.96 bits per heavy atom. The van der Waals surface area contributed by atoms with Crippen LogP contribution in [0.3, 0.4) is 0 Å². The van der Waals surface area contributed by atoms with E-state index in [9.17, 15) is 9.18 Å². The van der Waals surface area contributed by atoms with Gasteiger partial charge in [0.25, 0.3) is 5.91 Å². The third-order valence-corrected chi connectivity index (χ3v) is 5.22. The summed E-state index contributed by atoms with van der Waals surface area (Å²) < 4.78 is 18.4. The number of piperidine rings is 1. The number of hydrogen-bond donors (Lipinski definition) is 0. The lowest BCUT2D eigenvalue weighted by Gasteiger charge is -2.31. The van der Waals surface area contributed by atoms with Crippen molar-refractivity contribution in [2.45, 2.75) is 25.7 Å². The van der Waals surface area contributed by atoms with E-state index in [0.717, 1.165) is 22.7 Å². The van der Waals surface area contributed by atoms with Gasteiger partial charge in [-0.2, -0.15) is 9.37 Å². The van der Waals surface area contributed by atoms with E-state index < -0.39 is 5.95 Å².